The van der Waals surface area contributed by atoms with Crippen LogP contribution in [0.5, 0.6) is 5.75 Å². The normalized spacial score (nSPS) is 19.1. The summed E-state index contributed by atoms with van der Waals surface area (Å²) in [6.45, 7) is 5.61. The predicted molar refractivity (Wildman–Crippen MR) is 108 cm³/mol. The van der Waals surface area contributed by atoms with Crippen molar-refractivity contribution in [3.05, 3.63) is 47.7 Å². The molecule has 0 unspecified atom stereocenters. The molecular weight excluding hydrogens is 370 g/mol. The van der Waals surface area contributed by atoms with Crippen molar-refractivity contribution in [3.63, 3.8) is 0 Å². The molecule has 4 rings (SSSR count). The van der Waals surface area contributed by atoms with Crippen LogP contribution in [0, 0.1) is 0 Å². The van der Waals surface area contributed by atoms with Crippen LogP contribution in [0.25, 0.3) is 0 Å². The van der Waals surface area contributed by atoms with Crippen LogP contribution >= 0.6 is 0 Å². The molecule has 2 aromatic rings. The molecule has 0 spiro atoms. The number of benzene rings is 1. The van der Waals surface area contributed by atoms with E-state index in [1.165, 1.54) is 11.8 Å². The largest absolute Gasteiger partial charge is 0.497 e. The number of hydrogen-bond acceptors (Lipinski definition) is 6. The third-order valence-electron chi connectivity index (χ3n) is 5.75. The second-order valence-corrected chi connectivity index (χ2v) is 7.73. The molecule has 7 heteroatoms. The van der Waals surface area contributed by atoms with E-state index in [1.54, 1.807) is 7.11 Å². The fraction of sp³-hybridized carbons (Fsp3) is 0.545. The molecule has 0 atom stereocenters. The summed E-state index contributed by atoms with van der Waals surface area (Å²) in [7, 11) is 1.68. The summed E-state index contributed by atoms with van der Waals surface area (Å²) in [5.74, 6) is 1.77. The molecule has 1 aromatic heterocycles. The molecule has 3 heterocycles. The monoisotopic (exact) mass is 399 g/mol. The predicted octanol–water partition coefficient (Wildman–Crippen LogP) is 2.93. The quantitative estimate of drug-likeness (QED) is 0.770. The Morgan fingerprint density at radius 3 is 2.69 bits per heavy atom. The lowest BCUT2D eigenvalue weighted by Crippen LogP contribution is -2.35. The van der Waals surface area contributed by atoms with E-state index in [1.807, 2.05) is 17.0 Å². The zero-order chi connectivity index (χ0) is 20.1. The number of rotatable bonds is 5. The Bertz CT molecular complexity index is 799. The highest BCUT2D eigenvalue weighted by Gasteiger charge is 2.26. The molecule has 1 amide bonds. The van der Waals surface area contributed by atoms with Gasteiger partial charge in [0.2, 0.25) is 0 Å². The minimum atomic E-state index is -0.0293. The Labute approximate surface area is 171 Å². The zero-order valence-corrected chi connectivity index (χ0v) is 17.0. The van der Waals surface area contributed by atoms with Crippen molar-refractivity contribution >= 4 is 5.91 Å². The SMILES string of the molecule is COc1ccc(CN2CCCN(C(=O)c3coc(C4CCOCC4)n3)CC2)cc1. The van der Waals surface area contributed by atoms with Gasteiger partial charge in [-0.3, -0.25) is 9.69 Å². The van der Waals surface area contributed by atoms with E-state index in [2.05, 4.69) is 22.0 Å². The smallest absolute Gasteiger partial charge is 0.275 e. The van der Waals surface area contributed by atoms with Gasteiger partial charge in [0.25, 0.3) is 5.91 Å². The maximum atomic E-state index is 12.9. The standard InChI is InChI=1S/C22H29N3O4/c1-27-19-5-3-17(4-6-19)15-24-9-2-10-25(12-11-24)22(26)20-16-29-21(23-20)18-7-13-28-14-8-18/h3-6,16,18H,2,7-15H2,1H3. The lowest BCUT2D eigenvalue weighted by atomic mass is 10.0. The van der Waals surface area contributed by atoms with Gasteiger partial charge in [0.15, 0.2) is 11.6 Å². The van der Waals surface area contributed by atoms with Crippen LogP contribution in [-0.4, -0.2) is 67.2 Å². The number of carbonyl (C=O) groups is 1. The highest BCUT2D eigenvalue weighted by Crippen LogP contribution is 2.26. The minimum Gasteiger partial charge on any atom is -0.497 e. The second kappa shape index (κ2) is 9.41. The molecular formula is C22H29N3O4. The van der Waals surface area contributed by atoms with Crippen LogP contribution in [0.1, 0.15) is 47.1 Å². The van der Waals surface area contributed by atoms with Gasteiger partial charge in [-0.05, 0) is 37.0 Å². The van der Waals surface area contributed by atoms with Gasteiger partial charge in [-0.25, -0.2) is 4.98 Å². The van der Waals surface area contributed by atoms with Crippen molar-refractivity contribution in [3.8, 4) is 5.75 Å². The van der Waals surface area contributed by atoms with Gasteiger partial charge in [-0.2, -0.15) is 0 Å². The molecule has 7 nitrogen and oxygen atoms in total. The van der Waals surface area contributed by atoms with Crippen LogP contribution in [0.2, 0.25) is 0 Å². The molecule has 156 valence electrons. The summed E-state index contributed by atoms with van der Waals surface area (Å²) < 4.78 is 16.2. The fourth-order valence-electron chi connectivity index (χ4n) is 4.00. The maximum absolute atomic E-state index is 12.9. The van der Waals surface area contributed by atoms with Gasteiger partial charge >= 0.3 is 0 Å². The molecule has 29 heavy (non-hydrogen) atoms. The van der Waals surface area contributed by atoms with Crippen molar-refractivity contribution in [1.29, 1.82) is 0 Å². The Morgan fingerprint density at radius 2 is 1.93 bits per heavy atom. The van der Waals surface area contributed by atoms with E-state index in [4.69, 9.17) is 13.9 Å². The lowest BCUT2D eigenvalue weighted by molar-refractivity contribution is 0.0754. The van der Waals surface area contributed by atoms with Crippen molar-refractivity contribution in [1.82, 2.24) is 14.8 Å². The van der Waals surface area contributed by atoms with Crippen LogP contribution in [-0.2, 0) is 11.3 Å². The first-order chi connectivity index (χ1) is 14.2. The topological polar surface area (TPSA) is 68.0 Å². The number of carbonyl (C=O) groups excluding carboxylic acids is 1. The van der Waals surface area contributed by atoms with Crippen molar-refractivity contribution in [2.75, 3.05) is 46.5 Å². The Morgan fingerprint density at radius 1 is 1.14 bits per heavy atom. The molecule has 2 aliphatic heterocycles. The molecule has 0 radical (unpaired) electrons. The number of methoxy groups -OCH3 is 1. The zero-order valence-electron chi connectivity index (χ0n) is 17.0. The summed E-state index contributed by atoms with van der Waals surface area (Å²) in [4.78, 5) is 21.7. The minimum absolute atomic E-state index is 0.0293. The Balaban J connectivity index is 1.33. The van der Waals surface area contributed by atoms with E-state index < -0.39 is 0 Å². The van der Waals surface area contributed by atoms with Gasteiger partial charge in [-0.15, -0.1) is 0 Å². The summed E-state index contributed by atoms with van der Waals surface area (Å²) in [5.41, 5.74) is 1.68. The maximum Gasteiger partial charge on any atom is 0.275 e. The molecule has 1 aromatic carbocycles. The average Bonchev–Trinajstić information content (AvgIpc) is 3.15. The number of amides is 1. The summed E-state index contributed by atoms with van der Waals surface area (Å²) in [6.07, 6.45) is 4.27. The summed E-state index contributed by atoms with van der Waals surface area (Å²) in [6, 6.07) is 8.17. The van der Waals surface area contributed by atoms with Gasteiger partial charge in [0.05, 0.1) is 7.11 Å². The Kier molecular flexibility index (Phi) is 6.46. The van der Waals surface area contributed by atoms with Crippen LogP contribution in [0.15, 0.2) is 34.9 Å². The molecule has 2 saturated heterocycles. The van der Waals surface area contributed by atoms with Crippen LogP contribution in [0.3, 0.4) is 0 Å². The molecule has 0 N–H and O–H groups in total. The van der Waals surface area contributed by atoms with Gasteiger partial charge in [0, 0.05) is 51.9 Å². The number of oxazole rings is 1. The summed E-state index contributed by atoms with van der Waals surface area (Å²) >= 11 is 0. The van der Waals surface area contributed by atoms with Gasteiger partial charge < -0.3 is 18.8 Å². The van der Waals surface area contributed by atoms with E-state index >= 15 is 0 Å². The van der Waals surface area contributed by atoms with Crippen molar-refractivity contribution < 1.29 is 18.7 Å². The van der Waals surface area contributed by atoms with E-state index in [0.29, 0.717) is 18.1 Å². The molecule has 0 saturated carbocycles. The van der Waals surface area contributed by atoms with E-state index in [0.717, 1.165) is 64.4 Å². The lowest BCUT2D eigenvalue weighted by Gasteiger charge is -2.21. The van der Waals surface area contributed by atoms with Crippen LogP contribution < -0.4 is 4.74 Å². The third kappa shape index (κ3) is 4.97. The molecule has 0 aliphatic carbocycles. The average molecular weight is 399 g/mol. The van der Waals surface area contributed by atoms with E-state index in [-0.39, 0.29) is 11.8 Å². The highest BCUT2D eigenvalue weighted by atomic mass is 16.5. The molecule has 0 bridgehead atoms. The van der Waals surface area contributed by atoms with Crippen molar-refractivity contribution in [2.24, 2.45) is 0 Å². The summed E-state index contributed by atoms with van der Waals surface area (Å²) in [5, 5.41) is 0. The van der Waals surface area contributed by atoms with Gasteiger partial charge in [-0.1, -0.05) is 12.1 Å². The number of hydrogen-bond donors (Lipinski definition) is 0. The van der Waals surface area contributed by atoms with Crippen LogP contribution in [0.4, 0.5) is 0 Å². The fourth-order valence-corrected chi connectivity index (χ4v) is 4.00. The second-order valence-electron chi connectivity index (χ2n) is 7.73. The third-order valence-corrected chi connectivity index (χ3v) is 5.75. The van der Waals surface area contributed by atoms with E-state index in [9.17, 15) is 4.79 Å². The number of nitrogens with zero attached hydrogens (tertiary/aromatic N) is 3. The van der Waals surface area contributed by atoms with Gasteiger partial charge in [0.1, 0.15) is 12.0 Å². The molecule has 2 aliphatic rings. The number of ether oxygens (including phenoxy) is 2. The molecule has 2 fully saturated rings. The first kappa shape index (κ1) is 19.9. The van der Waals surface area contributed by atoms with Crippen molar-refractivity contribution in [2.45, 2.75) is 31.7 Å². The first-order valence-electron chi connectivity index (χ1n) is 10.4. The highest BCUT2D eigenvalue weighted by molar-refractivity contribution is 5.92. The first-order valence-corrected chi connectivity index (χ1v) is 10.4. The Hall–Kier alpha value is -2.38. The number of aromatic nitrogens is 1.